The Hall–Kier alpha value is -3.12. The Morgan fingerprint density at radius 3 is 2.69 bits per heavy atom. The maximum atomic E-state index is 12.4. The number of aryl methyl sites for hydroxylation is 1. The van der Waals surface area contributed by atoms with Gasteiger partial charge in [-0.15, -0.1) is 5.10 Å². The highest BCUT2D eigenvalue weighted by Gasteiger charge is 2.10. The lowest BCUT2D eigenvalue weighted by atomic mass is 10.2. The highest BCUT2D eigenvalue weighted by molar-refractivity contribution is 6.30. The van der Waals surface area contributed by atoms with E-state index >= 15 is 0 Å². The Morgan fingerprint density at radius 2 is 1.92 bits per heavy atom. The Labute approximate surface area is 154 Å². The van der Waals surface area contributed by atoms with Crippen LogP contribution in [0.2, 0.25) is 5.02 Å². The molecule has 2 heterocycles. The van der Waals surface area contributed by atoms with Crippen LogP contribution in [0.5, 0.6) is 0 Å². The molecule has 0 aliphatic rings. The van der Waals surface area contributed by atoms with Crippen LogP contribution in [0.15, 0.2) is 59.4 Å². The first-order valence-electron chi connectivity index (χ1n) is 8.14. The second-order valence-corrected chi connectivity index (χ2v) is 6.42. The molecule has 0 unspecified atom stereocenters. The Kier molecular flexibility index (Phi) is 4.18. The molecule has 0 radical (unpaired) electrons. The molecular formula is C19H16ClN5O. The Bertz CT molecular complexity index is 1130. The molecule has 2 N–H and O–H groups in total. The van der Waals surface area contributed by atoms with Crippen LogP contribution in [-0.2, 0) is 6.54 Å². The molecule has 0 spiro atoms. The van der Waals surface area contributed by atoms with Gasteiger partial charge >= 0.3 is 0 Å². The van der Waals surface area contributed by atoms with E-state index in [4.69, 9.17) is 11.6 Å². The highest BCUT2D eigenvalue weighted by Crippen LogP contribution is 2.18. The number of aromatic amines is 1. The number of nitrogens with zero attached hydrogens (tertiary/aromatic N) is 3. The Balaban J connectivity index is 1.65. The zero-order valence-corrected chi connectivity index (χ0v) is 14.8. The van der Waals surface area contributed by atoms with Crippen molar-refractivity contribution >= 4 is 23.1 Å². The van der Waals surface area contributed by atoms with Crippen molar-refractivity contribution in [2.75, 3.05) is 5.32 Å². The smallest absolute Gasteiger partial charge is 0.275 e. The van der Waals surface area contributed by atoms with Gasteiger partial charge < -0.3 is 10.3 Å². The van der Waals surface area contributed by atoms with Crippen molar-refractivity contribution in [2.45, 2.75) is 13.5 Å². The van der Waals surface area contributed by atoms with Crippen LogP contribution < -0.4 is 10.9 Å². The zero-order chi connectivity index (χ0) is 18.1. The predicted molar refractivity (Wildman–Crippen MR) is 103 cm³/mol. The van der Waals surface area contributed by atoms with Gasteiger partial charge in [-0.3, -0.25) is 4.79 Å². The standard InChI is InChI=1S/C19H16ClN5O/c1-12-4-2-3-5-16(12)21-11-15-10-17(26)25-19(22-15)23-18(24-25)13-6-8-14(20)9-7-13/h2-10,21H,11H2,1H3,(H,22,23,24). The summed E-state index contributed by atoms with van der Waals surface area (Å²) in [6.45, 7) is 2.52. The van der Waals surface area contributed by atoms with Crippen molar-refractivity contribution in [3.63, 3.8) is 0 Å². The second-order valence-electron chi connectivity index (χ2n) is 5.98. The molecule has 26 heavy (non-hydrogen) atoms. The molecule has 2 aromatic heterocycles. The quantitative estimate of drug-likeness (QED) is 0.578. The molecule has 0 saturated carbocycles. The molecular weight excluding hydrogens is 350 g/mol. The van der Waals surface area contributed by atoms with Gasteiger partial charge in [0.1, 0.15) is 0 Å². The van der Waals surface area contributed by atoms with Gasteiger partial charge in [0, 0.05) is 28.0 Å². The number of benzene rings is 2. The van der Waals surface area contributed by atoms with Crippen molar-refractivity contribution in [1.82, 2.24) is 19.6 Å². The summed E-state index contributed by atoms with van der Waals surface area (Å²) in [5, 5.41) is 8.24. The molecule has 7 heteroatoms. The van der Waals surface area contributed by atoms with Gasteiger partial charge in [-0.25, -0.2) is 0 Å². The van der Waals surface area contributed by atoms with Gasteiger partial charge in [0.25, 0.3) is 5.56 Å². The average molecular weight is 366 g/mol. The summed E-state index contributed by atoms with van der Waals surface area (Å²) in [7, 11) is 0. The minimum Gasteiger partial charge on any atom is -0.379 e. The van der Waals surface area contributed by atoms with Crippen molar-refractivity contribution in [3.8, 4) is 11.4 Å². The third-order valence-corrected chi connectivity index (χ3v) is 4.35. The summed E-state index contributed by atoms with van der Waals surface area (Å²) in [5.41, 5.74) is 3.47. The van der Waals surface area contributed by atoms with Crippen LogP contribution in [0, 0.1) is 6.92 Å². The molecule has 130 valence electrons. The third kappa shape index (κ3) is 3.19. The molecule has 2 aromatic carbocycles. The lowest BCUT2D eigenvalue weighted by Crippen LogP contribution is -2.17. The molecule has 0 amide bonds. The number of hydrogen-bond donors (Lipinski definition) is 2. The fraction of sp³-hybridized carbons (Fsp3) is 0.105. The summed E-state index contributed by atoms with van der Waals surface area (Å²) in [6, 6.07) is 16.7. The van der Waals surface area contributed by atoms with E-state index in [2.05, 4.69) is 20.4 Å². The van der Waals surface area contributed by atoms with Crippen LogP contribution in [0.3, 0.4) is 0 Å². The summed E-state index contributed by atoms with van der Waals surface area (Å²) >= 11 is 5.91. The lowest BCUT2D eigenvalue weighted by Gasteiger charge is -2.09. The van der Waals surface area contributed by atoms with Crippen LogP contribution in [-0.4, -0.2) is 19.6 Å². The fourth-order valence-electron chi connectivity index (χ4n) is 2.71. The first-order valence-corrected chi connectivity index (χ1v) is 8.52. The van der Waals surface area contributed by atoms with E-state index in [1.54, 1.807) is 12.1 Å². The average Bonchev–Trinajstić information content (AvgIpc) is 3.06. The summed E-state index contributed by atoms with van der Waals surface area (Å²) < 4.78 is 1.27. The number of halogens is 1. The van der Waals surface area contributed by atoms with Gasteiger partial charge in [0.05, 0.1) is 6.54 Å². The molecule has 0 aliphatic heterocycles. The van der Waals surface area contributed by atoms with E-state index < -0.39 is 0 Å². The molecule has 4 aromatic rings. The maximum absolute atomic E-state index is 12.4. The monoisotopic (exact) mass is 365 g/mol. The molecule has 4 rings (SSSR count). The number of para-hydroxylation sites is 1. The molecule has 0 aliphatic carbocycles. The van der Waals surface area contributed by atoms with Crippen molar-refractivity contribution < 1.29 is 0 Å². The first-order chi connectivity index (χ1) is 12.6. The zero-order valence-electron chi connectivity index (χ0n) is 14.0. The van der Waals surface area contributed by atoms with Crippen LogP contribution in [0.25, 0.3) is 17.2 Å². The van der Waals surface area contributed by atoms with Gasteiger partial charge in [-0.2, -0.15) is 9.50 Å². The number of fused-ring (bicyclic) bond motifs is 1. The normalized spacial score (nSPS) is 11.0. The van der Waals surface area contributed by atoms with Gasteiger partial charge in [-0.1, -0.05) is 29.8 Å². The van der Waals surface area contributed by atoms with Crippen molar-refractivity contribution in [2.24, 2.45) is 0 Å². The molecule has 0 atom stereocenters. The molecule has 0 bridgehead atoms. The number of rotatable bonds is 4. The topological polar surface area (TPSA) is 75.1 Å². The number of hydrogen-bond acceptors (Lipinski definition) is 4. The highest BCUT2D eigenvalue weighted by atomic mass is 35.5. The summed E-state index contributed by atoms with van der Waals surface area (Å²) in [4.78, 5) is 20.0. The van der Waals surface area contributed by atoms with Gasteiger partial charge in [0.2, 0.25) is 5.78 Å². The van der Waals surface area contributed by atoms with Crippen LogP contribution >= 0.6 is 11.6 Å². The Morgan fingerprint density at radius 1 is 1.15 bits per heavy atom. The van der Waals surface area contributed by atoms with Crippen LogP contribution in [0.1, 0.15) is 11.3 Å². The van der Waals surface area contributed by atoms with E-state index in [0.29, 0.717) is 23.2 Å². The SMILES string of the molecule is Cc1ccccc1NCc1cc(=O)n2nc(-c3ccc(Cl)cc3)nc2[nH]1. The first kappa shape index (κ1) is 16.4. The van der Waals surface area contributed by atoms with E-state index in [1.807, 2.05) is 43.3 Å². The molecule has 6 nitrogen and oxygen atoms in total. The molecule has 0 fully saturated rings. The lowest BCUT2D eigenvalue weighted by molar-refractivity contribution is 0.878. The van der Waals surface area contributed by atoms with E-state index in [0.717, 1.165) is 22.5 Å². The minimum absolute atomic E-state index is 0.229. The summed E-state index contributed by atoms with van der Waals surface area (Å²) in [5.74, 6) is 0.878. The number of anilines is 1. The fourth-order valence-corrected chi connectivity index (χ4v) is 2.84. The van der Waals surface area contributed by atoms with E-state index in [9.17, 15) is 4.79 Å². The minimum atomic E-state index is -0.229. The van der Waals surface area contributed by atoms with E-state index in [-0.39, 0.29) is 5.56 Å². The molecule has 0 saturated heterocycles. The van der Waals surface area contributed by atoms with Gasteiger partial charge in [0.15, 0.2) is 5.82 Å². The van der Waals surface area contributed by atoms with Gasteiger partial charge in [-0.05, 0) is 42.8 Å². The number of H-pyrrole nitrogens is 1. The second kappa shape index (κ2) is 6.65. The van der Waals surface area contributed by atoms with Crippen molar-refractivity contribution in [1.29, 1.82) is 0 Å². The number of nitrogens with one attached hydrogen (secondary N) is 2. The third-order valence-electron chi connectivity index (χ3n) is 4.10. The van der Waals surface area contributed by atoms with E-state index in [1.165, 1.54) is 10.6 Å². The van der Waals surface area contributed by atoms with Crippen LogP contribution in [0.4, 0.5) is 5.69 Å². The largest absolute Gasteiger partial charge is 0.379 e. The predicted octanol–water partition coefficient (Wildman–Crippen LogP) is 3.66. The number of aromatic nitrogens is 4. The maximum Gasteiger partial charge on any atom is 0.275 e. The van der Waals surface area contributed by atoms with Crippen molar-refractivity contribution in [3.05, 3.63) is 81.2 Å². The summed E-state index contributed by atoms with van der Waals surface area (Å²) in [6.07, 6.45) is 0.